The van der Waals surface area contributed by atoms with E-state index in [-0.39, 0.29) is 17.6 Å². The zero-order chi connectivity index (χ0) is 24.1. The van der Waals surface area contributed by atoms with Gasteiger partial charge in [-0.2, -0.15) is 10.1 Å². The van der Waals surface area contributed by atoms with Crippen LogP contribution < -0.4 is 5.32 Å². The quantitative estimate of drug-likeness (QED) is 0.406. The number of imidazole rings is 1. The maximum absolute atomic E-state index is 12.5. The molecule has 6 rings (SSSR count). The molecule has 5 aromatic rings. The van der Waals surface area contributed by atoms with Crippen molar-refractivity contribution >= 4 is 11.6 Å². The van der Waals surface area contributed by atoms with Gasteiger partial charge in [0.2, 0.25) is 5.89 Å². The molecule has 0 radical (unpaired) electrons. The van der Waals surface area contributed by atoms with Gasteiger partial charge >= 0.3 is 0 Å². The fourth-order valence-electron chi connectivity index (χ4n) is 4.44. The Kier molecular flexibility index (Phi) is 4.94. The summed E-state index contributed by atoms with van der Waals surface area (Å²) in [4.78, 5) is 26.1. The van der Waals surface area contributed by atoms with Gasteiger partial charge < -0.3 is 9.84 Å². The summed E-state index contributed by atoms with van der Waals surface area (Å²) in [7, 11) is 1.88. The van der Waals surface area contributed by atoms with Crippen molar-refractivity contribution in [2.45, 2.75) is 26.3 Å². The monoisotopic (exact) mass is 468 g/mol. The van der Waals surface area contributed by atoms with Crippen molar-refractivity contribution in [3.05, 3.63) is 72.4 Å². The Labute approximate surface area is 201 Å². The number of carbonyl (C=O) groups excluding carboxylic acids is 1. The van der Waals surface area contributed by atoms with Gasteiger partial charge in [0.15, 0.2) is 0 Å². The van der Waals surface area contributed by atoms with Gasteiger partial charge in [0.05, 0.1) is 11.9 Å². The van der Waals surface area contributed by atoms with E-state index in [1.807, 2.05) is 54.2 Å². The van der Waals surface area contributed by atoms with Gasteiger partial charge in [-0.25, -0.2) is 9.97 Å². The number of carbonyl (C=O) groups is 1. The van der Waals surface area contributed by atoms with Crippen molar-refractivity contribution in [3.8, 4) is 22.6 Å². The average molecular weight is 469 g/mol. The summed E-state index contributed by atoms with van der Waals surface area (Å²) in [6.07, 6.45) is 7.36. The molecule has 1 aromatic carbocycles. The van der Waals surface area contributed by atoms with Crippen LogP contribution in [0.25, 0.3) is 28.3 Å². The molecule has 4 heterocycles. The molecule has 2 unspecified atom stereocenters. The van der Waals surface area contributed by atoms with Crippen LogP contribution in [-0.4, -0.2) is 40.2 Å². The molecule has 1 saturated carbocycles. The summed E-state index contributed by atoms with van der Waals surface area (Å²) in [6, 6.07) is 9.84. The molecule has 2 atom stereocenters. The molecular formula is C25H24N8O2. The van der Waals surface area contributed by atoms with E-state index >= 15 is 0 Å². The lowest BCUT2D eigenvalue weighted by Gasteiger charge is -2.09. The first-order valence-electron chi connectivity index (χ1n) is 11.5. The zero-order valence-corrected chi connectivity index (χ0v) is 19.6. The molecule has 1 fully saturated rings. The lowest BCUT2D eigenvalue weighted by atomic mass is 10.1. The maximum Gasteiger partial charge on any atom is 0.292 e. The summed E-state index contributed by atoms with van der Waals surface area (Å²) in [5.74, 6) is 2.31. The molecular weight excluding hydrogens is 444 g/mol. The van der Waals surface area contributed by atoms with E-state index in [0.29, 0.717) is 24.3 Å². The largest absolute Gasteiger partial charge is 0.345 e. The van der Waals surface area contributed by atoms with E-state index in [1.165, 1.54) is 0 Å². The molecule has 0 spiro atoms. The highest BCUT2D eigenvalue weighted by atomic mass is 16.5. The molecule has 176 valence electrons. The van der Waals surface area contributed by atoms with Gasteiger partial charge in [-0.3, -0.25) is 13.9 Å². The summed E-state index contributed by atoms with van der Waals surface area (Å²) in [5, 5.41) is 11.0. The molecule has 1 N–H and O–H groups in total. The van der Waals surface area contributed by atoms with Gasteiger partial charge in [-0.05, 0) is 17.4 Å². The smallest absolute Gasteiger partial charge is 0.292 e. The van der Waals surface area contributed by atoms with E-state index in [0.717, 1.165) is 33.9 Å². The van der Waals surface area contributed by atoms with Crippen LogP contribution in [0.3, 0.4) is 0 Å². The van der Waals surface area contributed by atoms with Crippen molar-refractivity contribution in [1.29, 1.82) is 0 Å². The van der Waals surface area contributed by atoms with Gasteiger partial charge in [-0.1, -0.05) is 43.3 Å². The Bertz CT molecular complexity index is 1520. The lowest BCUT2D eigenvalue weighted by Crippen LogP contribution is -2.24. The molecule has 35 heavy (non-hydrogen) atoms. The number of nitrogens with one attached hydrogen (secondary N) is 1. The van der Waals surface area contributed by atoms with Gasteiger partial charge in [0.25, 0.3) is 11.7 Å². The van der Waals surface area contributed by atoms with Crippen molar-refractivity contribution < 1.29 is 9.32 Å². The van der Waals surface area contributed by atoms with Crippen LogP contribution in [0, 0.1) is 11.8 Å². The van der Waals surface area contributed by atoms with Gasteiger partial charge in [0.1, 0.15) is 11.5 Å². The normalized spacial score (nSPS) is 19.2. The molecule has 1 aliphatic rings. The van der Waals surface area contributed by atoms with Crippen molar-refractivity contribution in [2.24, 2.45) is 18.9 Å². The number of nitrogens with zero attached hydrogens (tertiary/aromatic N) is 7. The van der Waals surface area contributed by atoms with Crippen LogP contribution >= 0.6 is 0 Å². The number of hydrogen-bond acceptors (Lipinski definition) is 7. The zero-order valence-electron chi connectivity index (χ0n) is 19.6. The van der Waals surface area contributed by atoms with Crippen molar-refractivity contribution in [3.63, 3.8) is 0 Å². The second-order valence-corrected chi connectivity index (χ2v) is 9.10. The first kappa shape index (κ1) is 21.2. The lowest BCUT2D eigenvalue weighted by molar-refractivity contribution is 0.0937. The SMILES string of the molecule is CC1C(C)C1c1nc(C(=O)NCc2ccc(-c3nc(-c4cnn(C)c4)cc4nccn34)cc2)no1. The summed E-state index contributed by atoms with van der Waals surface area (Å²) >= 11 is 0. The molecule has 4 aromatic heterocycles. The van der Waals surface area contributed by atoms with E-state index in [9.17, 15) is 4.79 Å². The topological polar surface area (TPSA) is 116 Å². The highest BCUT2D eigenvalue weighted by Crippen LogP contribution is 2.52. The number of fused-ring (bicyclic) bond motifs is 1. The van der Waals surface area contributed by atoms with Crippen LogP contribution in [-0.2, 0) is 13.6 Å². The number of rotatable bonds is 6. The van der Waals surface area contributed by atoms with Crippen LogP contribution in [0.1, 0.15) is 41.8 Å². The Morgan fingerprint density at radius 1 is 1.11 bits per heavy atom. The number of hydrogen-bond donors (Lipinski definition) is 1. The minimum Gasteiger partial charge on any atom is -0.345 e. The number of aryl methyl sites for hydroxylation is 1. The minimum absolute atomic E-state index is 0.0711. The van der Waals surface area contributed by atoms with Gasteiger partial charge in [0, 0.05) is 55.3 Å². The van der Waals surface area contributed by atoms with E-state index in [1.54, 1.807) is 17.1 Å². The standard InChI is InChI=1S/C25H24N8O2/c1-14-15(2)21(14)25-30-22(31-35-25)24(34)27-11-16-4-6-17(7-5-16)23-29-19(18-12-28-32(3)13-18)10-20-26-8-9-33(20)23/h4-10,12-15,21H,11H2,1-3H3,(H,27,34). The van der Waals surface area contributed by atoms with E-state index < -0.39 is 0 Å². The van der Waals surface area contributed by atoms with Crippen LogP contribution in [0.2, 0.25) is 0 Å². The fourth-order valence-corrected chi connectivity index (χ4v) is 4.44. The van der Waals surface area contributed by atoms with E-state index in [4.69, 9.17) is 9.51 Å². The molecule has 0 aliphatic heterocycles. The van der Waals surface area contributed by atoms with Crippen LogP contribution in [0.5, 0.6) is 0 Å². The third-order valence-corrected chi connectivity index (χ3v) is 6.81. The first-order chi connectivity index (χ1) is 17.0. The molecule has 1 amide bonds. The number of aromatic nitrogens is 7. The van der Waals surface area contributed by atoms with Crippen molar-refractivity contribution in [2.75, 3.05) is 0 Å². The fraction of sp³-hybridized carbons (Fsp3) is 0.280. The molecule has 10 heteroatoms. The molecule has 0 saturated heterocycles. The molecule has 0 bridgehead atoms. The maximum atomic E-state index is 12.5. The third kappa shape index (κ3) is 3.86. The first-order valence-corrected chi connectivity index (χ1v) is 11.5. The predicted octanol–water partition coefficient (Wildman–Crippen LogP) is 3.48. The summed E-state index contributed by atoms with van der Waals surface area (Å²) in [5.41, 5.74) is 4.41. The minimum atomic E-state index is -0.351. The Morgan fingerprint density at radius 3 is 2.63 bits per heavy atom. The molecule has 1 aliphatic carbocycles. The highest BCUT2D eigenvalue weighted by Gasteiger charge is 2.48. The summed E-state index contributed by atoms with van der Waals surface area (Å²) in [6.45, 7) is 4.64. The van der Waals surface area contributed by atoms with Crippen LogP contribution in [0.4, 0.5) is 0 Å². The number of benzene rings is 1. The summed E-state index contributed by atoms with van der Waals surface area (Å²) < 4.78 is 9.00. The number of amides is 1. The highest BCUT2D eigenvalue weighted by molar-refractivity contribution is 5.90. The Balaban J connectivity index is 1.18. The Hall–Kier alpha value is -4.34. The second-order valence-electron chi connectivity index (χ2n) is 9.10. The van der Waals surface area contributed by atoms with Crippen LogP contribution in [0.15, 0.2) is 59.6 Å². The second kappa shape index (κ2) is 8.15. The van der Waals surface area contributed by atoms with E-state index in [2.05, 4.69) is 39.4 Å². The third-order valence-electron chi connectivity index (χ3n) is 6.81. The average Bonchev–Trinajstić information content (AvgIpc) is 3.42. The van der Waals surface area contributed by atoms with Gasteiger partial charge in [-0.15, -0.1) is 0 Å². The molecule has 10 nitrogen and oxygen atoms in total. The Morgan fingerprint density at radius 2 is 1.91 bits per heavy atom. The predicted molar refractivity (Wildman–Crippen MR) is 127 cm³/mol. The van der Waals surface area contributed by atoms with Crippen molar-refractivity contribution in [1.82, 2.24) is 39.6 Å².